The lowest BCUT2D eigenvalue weighted by Crippen LogP contribution is -3.13. The Morgan fingerprint density at radius 1 is 1.13 bits per heavy atom. The quantitative estimate of drug-likeness (QED) is 0.531. The van der Waals surface area contributed by atoms with Crippen molar-refractivity contribution in [1.82, 2.24) is 9.97 Å². The van der Waals surface area contributed by atoms with Crippen molar-refractivity contribution in [2.75, 3.05) is 37.7 Å². The molecule has 3 heterocycles. The summed E-state index contributed by atoms with van der Waals surface area (Å²) in [6, 6.07) is 15.8. The summed E-state index contributed by atoms with van der Waals surface area (Å²) in [5.74, 6) is 1.64. The lowest BCUT2D eigenvalue weighted by Gasteiger charge is -2.34. The van der Waals surface area contributed by atoms with Gasteiger partial charge in [-0.1, -0.05) is 24.3 Å². The van der Waals surface area contributed by atoms with E-state index in [1.54, 1.807) is 0 Å². The highest BCUT2D eigenvalue weighted by Crippen LogP contribution is 2.28. The van der Waals surface area contributed by atoms with Crippen LogP contribution in [0.2, 0.25) is 0 Å². The maximum absolute atomic E-state index is 12.5. The minimum absolute atomic E-state index is 0.213. The molecule has 2 aromatic carbocycles. The minimum Gasteiger partial charge on any atom is -0.492 e. The molecule has 1 aliphatic heterocycles. The van der Waals surface area contributed by atoms with Gasteiger partial charge in [0.05, 0.1) is 38.5 Å². The van der Waals surface area contributed by atoms with Crippen molar-refractivity contribution in [3.05, 3.63) is 64.7 Å². The van der Waals surface area contributed by atoms with Crippen LogP contribution in [0.4, 0.5) is 5.69 Å². The lowest BCUT2D eigenvalue weighted by molar-refractivity contribution is -0.915. The zero-order valence-electron chi connectivity index (χ0n) is 17.0. The van der Waals surface area contributed by atoms with Gasteiger partial charge in [-0.3, -0.25) is 4.79 Å². The molecule has 7 heteroatoms. The molecule has 0 bridgehead atoms. The standard InChI is InChI=1S/C23H24N4O3/c1-2-29-19-10-6-4-8-17(19)27-13-11-26(12-14-27)15-20-24-21-16-7-3-5-9-18(16)30-22(21)23(28)25-20/h3-10H,2,11-15H2,1H3,(H,24,25,28)/p+1. The van der Waals surface area contributed by atoms with E-state index in [-0.39, 0.29) is 5.56 Å². The molecule has 1 saturated heterocycles. The number of hydrogen-bond donors (Lipinski definition) is 2. The summed E-state index contributed by atoms with van der Waals surface area (Å²) in [6.07, 6.45) is 0. The van der Waals surface area contributed by atoms with Crippen LogP contribution in [0, 0.1) is 0 Å². The highest BCUT2D eigenvalue weighted by atomic mass is 16.5. The van der Waals surface area contributed by atoms with E-state index in [4.69, 9.17) is 14.1 Å². The third-order valence-electron chi connectivity index (χ3n) is 5.67. The van der Waals surface area contributed by atoms with Crippen molar-refractivity contribution in [1.29, 1.82) is 0 Å². The SMILES string of the molecule is CCOc1ccccc1N1CC[NH+](Cc2nc3c(oc4ccccc43)c(=O)[nH]2)CC1. The summed E-state index contributed by atoms with van der Waals surface area (Å²) in [7, 11) is 0. The van der Waals surface area contributed by atoms with Gasteiger partial charge in [-0.2, -0.15) is 0 Å². The fourth-order valence-electron chi connectivity index (χ4n) is 4.20. The second-order valence-corrected chi connectivity index (χ2v) is 7.60. The second kappa shape index (κ2) is 7.84. The predicted octanol–water partition coefficient (Wildman–Crippen LogP) is 1.97. The number of quaternary nitrogens is 1. The Morgan fingerprint density at radius 2 is 1.90 bits per heavy atom. The molecule has 0 aliphatic carbocycles. The summed E-state index contributed by atoms with van der Waals surface area (Å²) in [6.45, 7) is 7.15. The maximum atomic E-state index is 12.5. The Kier molecular flexibility index (Phi) is 4.88. The molecular weight excluding hydrogens is 380 g/mol. The van der Waals surface area contributed by atoms with Gasteiger partial charge in [-0.15, -0.1) is 0 Å². The molecule has 2 aromatic heterocycles. The van der Waals surface area contributed by atoms with Gasteiger partial charge in [0.1, 0.15) is 23.4 Å². The topological polar surface area (TPSA) is 75.8 Å². The van der Waals surface area contributed by atoms with Gasteiger partial charge in [0.2, 0.25) is 5.58 Å². The Labute approximate surface area is 173 Å². The molecule has 0 amide bonds. The zero-order valence-corrected chi connectivity index (χ0v) is 17.0. The monoisotopic (exact) mass is 405 g/mol. The van der Waals surface area contributed by atoms with Gasteiger partial charge in [0.15, 0.2) is 5.82 Å². The van der Waals surface area contributed by atoms with Crippen LogP contribution >= 0.6 is 0 Å². The van der Waals surface area contributed by atoms with E-state index >= 15 is 0 Å². The number of ether oxygens (including phenoxy) is 1. The number of rotatable bonds is 5. The summed E-state index contributed by atoms with van der Waals surface area (Å²) >= 11 is 0. The number of aromatic amines is 1. The Balaban J connectivity index is 1.33. The molecule has 7 nitrogen and oxygen atoms in total. The third kappa shape index (κ3) is 3.41. The van der Waals surface area contributed by atoms with Crippen molar-refractivity contribution in [2.45, 2.75) is 13.5 Å². The third-order valence-corrected chi connectivity index (χ3v) is 5.67. The van der Waals surface area contributed by atoms with Gasteiger partial charge >= 0.3 is 0 Å². The summed E-state index contributed by atoms with van der Waals surface area (Å²) in [4.78, 5) is 23.9. The van der Waals surface area contributed by atoms with Crippen molar-refractivity contribution in [3.63, 3.8) is 0 Å². The first-order chi connectivity index (χ1) is 14.7. The van der Waals surface area contributed by atoms with Crippen LogP contribution in [0.5, 0.6) is 5.75 Å². The molecule has 1 aliphatic rings. The van der Waals surface area contributed by atoms with Crippen LogP contribution in [-0.4, -0.2) is 42.8 Å². The van der Waals surface area contributed by atoms with Crippen molar-refractivity contribution >= 4 is 27.8 Å². The second-order valence-electron chi connectivity index (χ2n) is 7.60. The summed E-state index contributed by atoms with van der Waals surface area (Å²) < 4.78 is 11.5. The number of aromatic nitrogens is 2. The number of anilines is 1. The Bertz CT molecular complexity index is 1240. The Hall–Kier alpha value is -3.32. The summed E-state index contributed by atoms with van der Waals surface area (Å²) in [5.41, 5.74) is 2.57. The first-order valence-corrected chi connectivity index (χ1v) is 10.4. The molecule has 0 unspecified atom stereocenters. The molecule has 154 valence electrons. The van der Waals surface area contributed by atoms with Gasteiger partial charge in [-0.25, -0.2) is 4.98 Å². The van der Waals surface area contributed by atoms with Crippen LogP contribution < -0.4 is 20.1 Å². The van der Waals surface area contributed by atoms with Crippen LogP contribution in [0.15, 0.2) is 57.7 Å². The van der Waals surface area contributed by atoms with E-state index in [9.17, 15) is 4.79 Å². The van der Waals surface area contributed by atoms with E-state index in [0.29, 0.717) is 35.7 Å². The number of benzene rings is 2. The van der Waals surface area contributed by atoms with Crippen LogP contribution in [0.3, 0.4) is 0 Å². The maximum Gasteiger partial charge on any atom is 0.294 e. The molecule has 0 spiro atoms. The fraction of sp³-hybridized carbons (Fsp3) is 0.304. The van der Waals surface area contributed by atoms with Crippen LogP contribution in [0.25, 0.3) is 22.1 Å². The predicted molar refractivity (Wildman–Crippen MR) is 116 cm³/mol. The van der Waals surface area contributed by atoms with Gasteiger partial charge in [0.25, 0.3) is 5.56 Å². The average Bonchev–Trinajstić information content (AvgIpc) is 3.15. The molecule has 2 N–H and O–H groups in total. The van der Waals surface area contributed by atoms with E-state index in [2.05, 4.69) is 22.0 Å². The number of para-hydroxylation sites is 3. The number of hydrogen-bond acceptors (Lipinski definition) is 5. The number of nitrogens with one attached hydrogen (secondary N) is 2. The minimum atomic E-state index is -0.213. The molecule has 0 saturated carbocycles. The molecule has 5 rings (SSSR count). The molecule has 0 radical (unpaired) electrons. The smallest absolute Gasteiger partial charge is 0.294 e. The van der Waals surface area contributed by atoms with Gasteiger partial charge in [-0.05, 0) is 31.2 Å². The van der Waals surface area contributed by atoms with E-state index in [0.717, 1.165) is 43.0 Å². The van der Waals surface area contributed by atoms with Crippen LogP contribution in [0.1, 0.15) is 12.7 Å². The number of H-pyrrole nitrogens is 1. The first kappa shape index (κ1) is 18.7. The Morgan fingerprint density at radius 3 is 2.73 bits per heavy atom. The highest BCUT2D eigenvalue weighted by molar-refractivity contribution is 6.01. The van der Waals surface area contributed by atoms with Crippen molar-refractivity contribution in [2.24, 2.45) is 0 Å². The molecule has 30 heavy (non-hydrogen) atoms. The highest BCUT2D eigenvalue weighted by Gasteiger charge is 2.23. The van der Waals surface area contributed by atoms with E-state index in [1.165, 1.54) is 4.90 Å². The average molecular weight is 405 g/mol. The van der Waals surface area contributed by atoms with Crippen LogP contribution in [-0.2, 0) is 6.54 Å². The van der Waals surface area contributed by atoms with Gasteiger partial charge in [0, 0.05) is 5.39 Å². The van der Waals surface area contributed by atoms with Gasteiger partial charge < -0.3 is 23.9 Å². The molecule has 4 aromatic rings. The fourth-order valence-corrected chi connectivity index (χ4v) is 4.20. The summed E-state index contributed by atoms with van der Waals surface area (Å²) in [5, 5.41) is 0.882. The van der Waals surface area contributed by atoms with Crippen molar-refractivity contribution < 1.29 is 14.1 Å². The van der Waals surface area contributed by atoms with E-state index < -0.39 is 0 Å². The molecule has 1 fully saturated rings. The number of nitrogens with zero attached hydrogens (tertiary/aromatic N) is 2. The number of furan rings is 1. The normalized spacial score (nSPS) is 15.2. The zero-order chi connectivity index (χ0) is 20.5. The number of fused-ring (bicyclic) bond motifs is 3. The van der Waals surface area contributed by atoms with Crippen molar-refractivity contribution in [3.8, 4) is 5.75 Å². The first-order valence-electron chi connectivity index (χ1n) is 10.4. The largest absolute Gasteiger partial charge is 0.492 e. The molecule has 0 atom stereocenters. The lowest BCUT2D eigenvalue weighted by atomic mass is 10.2. The van der Waals surface area contributed by atoms with E-state index in [1.807, 2.05) is 43.3 Å². The molecular formula is C23H25N4O3+. The number of piperazine rings is 1.